The summed E-state index contributed by atoms with van der Waals surface area (Å²) >= 11 is 0. The van der Waals surface area contributed by atoms with E-state index in [0.29, 0.717) is 37.7 Å². The molecule has 6 heteroatoms. The van der Waals surface area contributed by atoms with E-state index in [1.54, 1.807) is 36.0 Å². The number of methoxy groups -OCH3 is 1. The number of hydrogen-bond donors (Lipinski definition) is 0. The Kier molecular flexibility index (Phi) is 6.44. The number of hydrogen-bond acceptors (Lipinski definition) is 4. The van der Waals surface area contributed by atoms with Crippen LogP contribution in [0.15, 0.2) is 24.3 Å². The van der Waals surface area contributed by atoms with Gasteiger partial charge in [-0.15, -0.1) is 0 Å². The Bertz CT molecular complexity index is 647. The first kappa shape index (κ1) is 18.8. The summed E-state index contributed by atoms with van der Waals surface area (Å²) in [6, 6.07) is 5.57. The monoisotopic (exact) mass is 346 g/mol. The van der Waals surface area contributed by atoms with Gasteiger partial charge >= 0.3 is 0 Å². The molecule has 25 heavy (non-hydrogen) atoms. The van der Waals surface area contributed by atoms with Crippen LogP contribution in [0.25, 0.3) is 6.08 Å². The predicted molar refractivity (Wildman–Crippen MR) is 96.6 cm³/mol. The topological polar surface area (TPSA) is 59.1 Å². The third-order valence-electron chi connectivity index (χ3n) is 4.01. The largest absolute Gasteiger partial charge is 0.493 e. The van der Waals surface area contributed by atoms with Crippen molar-refractivity contribution in [3.63, 3.8) is 0 Å². The highest BCUT2D eigenvalue weighted by Gasteiger charge is 2.20. The summed E-state index contributed by atoms with van der Waals surface area (Å²) in [5.74, 6) is 1.32. The lowest BCUT2D eigenvalue weighted by Gasteiger charge is -2.33. The molecule has 0 bridgehead atoms. The minimum Gasteiger partial charge on any atom is -0.493 e. The van der Waals surface area contributed by atoms with Crippen molar-refractivity contribution >= 4 is 17.9 Å². The molecule has 1 heterocycles. The number of carbonyl (C=O) groups excluding carboxylic acids is 2. The van der Waals surface area contributed by atoms with Crippen LogP contribution in [0.1, 0.15) is 26.3 Å². The average Bonchev–Trinajstić information content (AvgIpc) is 2.60. The standard InChI is InChI=1S/C19H26N2O4/c1-14(2)25-17-7-5-16(13-18(17)24-4)6-8-19(23)21-11-9-20(10-12-21)15(3)22/h5-8,13-14H,9-12H2,1-4H3. The maximum absolute atomic E-state index is 12.3. The van der Waals surface area contributed by atoms with Crippen molar-refractivity contribution in [3.8, 4) is 11.5 Å². The molecule has 0 atom stereocenters. The SMILES string of the molecule is COc1cc(C=CC(=O)N2CCN(C(C)=O)CC2)ccc1OC(C)C. The van der Waals surface area contributed by atoms with Crippen molar-refractivity contribution in [2.24, 2.45) is 0 Å². The molecule has 1 aromatic rings. The fourth-order valence-electron chi connectivity index (χ4n) is 2.65. The van der Waals surface area contributed by atoms with Crippen molar-refractivity contribution in [1.29, 1.82) is 0 Å². The van der Waals surface area contributed by atoms with E-state index in [1.165, 1.54) is 0 Å². The van der Waals surface area contributed by atoms with E-state index in [4.69, 9.17) is 9.47 Å². The van der Waals surface area contributed by atoms with Gasteiger partial charge in [0.05, 0.1) is 13.2 Å². The van der Waals surface area contributed by atoms with E-state index >= 15 is 0 Å². The summed E-state index contributed by atoms with van der Waals surface area (Å²) in [5.41, 5.74) is 0.865. The molecule has 0 radical (unpaired) electrons. The van der Waals surface area contributed by atoms with Crippen LogP contribution in [0.5, 0.6) is 11.5 Å². The molecule has 1 aliphatic heterocycles. The van der Waals surface area contributed by atoms with Gasteiger partial charge in [-0.1, -0.05) is 6.07 Å². The van der Waals surface area contributed by atoms with Crippen LogP contribution in [-0.2, 0) is 9.59 Å². The van der Waals surface area contributed by atoms with Crippen LogP contribution in [0.4, 0.5) is 0 Å². The van der Waals surface area contributed by atoms with E-state index in [0.717, 1.165) is 5.56 Å². The molecule has 1 aromatic carbocycles. The number of benzene rings is 1. The van der Waals surface area contributed by atoms with Gasteiger partial charge in [0.25, 0.3) is 0 Å². The lowest BCUT2D eigenvalue weighted by molar-refractivity contribution is -0.135. The normalized spacial score (nSPS) is 14.9. The second-order valence-electron chi connectivity index (χ2n) is 6.24. The third-order valence-corrected chi connectivity index (χ3v) is 4.01. The second kappa shape index (κ2) is 8.55. The van der Waals surface area contributed by atoms with E-state index in [-0.39, 0.29) is 17.9 Å². The molecule has 0 N–H and O–H groups in total. The molecule has 2 amide bonds. The molecule has 1 fully saturated rings. The molecule has 6 nitrogen and oxygen atoms in total. The molecule has 0 aliphatic carbocycles. The smallest absolute Gasteiger partial charge is 0.246 e. The van der Waals surface area contributed by atoms with Gasteiger partial charge in [0.2, 0.25) is 11.8 Å². The number of amides is 2. The second-order valence-corrected chi connectivity index (χ2v) is 6.24. The Morgan fingerprint density at radius 2 is 1.72 bits per heavy atom. The van der Waals surface area contributed by atoms with Crippen molar-refractivity contribution in [1.82, 2.24) is 9.80 Å². The van der Waals surface area contributed by atoms with E-state index < -0.39 is 0 Å². The van der Waals surface area contributed by atoms with Crippen LogP contribution < -0.4 is 9.47 Å². The maximum Gasteiger partial charge on any atom is 0.246 e. The van der Waals surface area contributed by atoms with Crippen LogP contribution in [0.2, 0.25) is 0 Å². The van der Waals surface area contributed by atoms with Crippen molar-refractivity contribution in [2.45, 2.75) is 26.9 Å². The number of carbonyl (C=O) groups is 2. The number of piperazine rings is 1. The van der Waals surface area contributed by atoms with Gasteiger partial charge in [0.15, 0.2) is 11.5 Å². The fraction of sp³-hybridized carbons (Fsp3) is 0.474. The first-order valence-corrected chi connectivity index (χ1v) is 8.48. The van der Waals surface area contributed by atoms with Gasteiger partial charge in [-0.05, 0) is 37.6 Å². The zero-order chi connectivity index (χ0) is 18.4. The van der Waals surface area contributed by atoms with E-state index in [9.17, 15) is 9.59 Å². The number of rotatable bonds is 5. The lowest BCUT2D eigenvalue weighted by atomic mass is 10.1. The average molecular weight is 346 g/mol. The van der Waals surface area contributed by atoms with Gasteiger partial charge in [-0.3, -0.25) is 9.59 Å². The highest BCUT2D eigenvalue weighted by atomic mass is 16.5. The summed E-state index contributed by atoms with van der Waals surface area (Å²) in [4.78, 5) is 27.1. The Balaban J connectivity index is 1.99. The van der Waals surface area contributed by atoms with Crippen LogP contribution in [0, 0.1) is 0 Å². The van der Waals surface area contributed by atoms with Gasteiger partial charge in [0.1, 0.15) is 0 Å². The Labute approximate surface area is 149 Å². The molecule has 2 rings (SSSR count). The molecule has 0 aromatic heterocycles. The minimum absolute atomic E-state index is 0.0512. The molecule has 1 saturated heterocycles. The zero-order valence-electron chi connectivity index (χ0n) is 15.3. The molecule has 0 spiro atoms. The highest BCUT2D eigenvalue weighted by molar-refractivity contribution is 5.92. The van der Waals surface area contributed by atoms with Gasteiger partial charge in [-0.2, -0.15) is 0 Å². The maximum atomic E-state index is 12.3. The minimum atomic E-state index is -0.0512. The van der Waals surface area contributed by atoms with Gasteiger partial charge < -0.3 is 19.3 Å². The van der Waals surface area contributed by atoms with Crippen LogP contribution in [-0.4, -0.2) is 61.0 Å². The number of nitrogens with zero attached hydrogens (tertiary/aromatic N) is 2. The first-order chi connectivity index (χ1) is 11.9. The molecular formula is C19H26N2O4. The summed E-state index contributed by atoms with van der Waals surface area (Å²) in [6.07, 6.45) is 3.38. The zero-order valence-corrected chi connectivity index (χ0v) is 15.3. The van der Waals surface area contributed by atoms with E-state index in [2.05, 4.69) is 0 Å². The van der Waals surface area contributed by atoms with Crippen molar-refractivity contribution in [3.05, 3.63) is 29.8 Å². The van der Waals surface area contributed by atoms with E-state index in [1.807, 2.05) is 32.0 Å². The Morgan fingerprint density at radius 3 is 2.28 bits per heavy atom. The Hall–Kier alpha value is -2.50. The first-order valence-electron chi connectivity index (χ1n) is 8.48. The van der Waals surface area contributed by atoms with Gasteiger partial charge in [0, 0.05) is 39.2 Å². The molecular weight excluding hydrogens is 320 g/mol. The Morgan fingerprint density at radius 1 is 1.08 bits per heavy atom. The van der Waals surface area contributed by atoms with Gasteiger partial charge in [-0.25, -0.2) is 0 Å². The fourth-order valence-corrected chi connectivity index (χ4v) is 2.65. The summed E-state index contributed by atoms with van der Waals surface area (Å²) in [6.45, 7) is 7.77. The summed E-state index contributed by atoms with van der Waals surface area (Å²) < 4.78 is 11.0. The third kappa shape index (κ3) is 5.24. The highest BCUT2D eigenvalue weighted by Crippen LogP contribution is 2.29. The predicted octanol–water partition coefficient (Wildman–Crippen LogP) is 2.19. The molecule has 1 aliphatic rings. The van der Waals surface area contributed by atoms with Crippen molar-refractivity contribution < 1.29 is 19.1 Å². The summed E-state index contributed by atoms with van der Waals surface area (Å²) in [5, 5.41) is 0. The molecule has 136 valence electrons. The quantitative estimate of drug-likeness (QED) is 0.767. The lowest BCUT2D eigenvalue weighted by Crippen LogP contribution is -2.49. The summed E-state index contributed by atoms with van der Waals surface area (Å²) in [7, 11) is 1.59. The van der Waals surface area contributed by atoms with Crippen molar-refractivity contribution in [2.75, 3.05) is 33.3 Å². The number of ether oxygens (including phenoxy) is 2. The molecule has 0 unspecified atom stereocenters. The van der Waals surface area contributed by atoms with Crippen LogP contribution >= 0.6 is 0 Å². The molecule has 0 saturated carbocycles. The van der Waals surface area contributed by atoms with Crippen LogP contribution in [0.3, 0.4) is 0 Å².